The molecular weight excluding hydrogens is 419 g/mol. The van der Waals surface area contributed by atoms with Gasteiger partial charge in [0.15, 0.2) is 0 Å². The normalized spacial score (nSPS) is 10.8. The number of para-hydroxylation sites is 1. The molecule has 25 heavy (non-hydrogen) atoms. The second kappa shape index (κ2) is 8.99. The van der Waals surface area contributed by atoms with Gasteiger partial charge in [-0.05, 0) is 49.8 Å². The average molecular weight is 444 g/mol. The Labute approximate surface area is 167 Å². The Morgan fingerprint density at radius 3 is 2.20 bits per heavy atom. The number of benzene rings is 2. The molecule has 2 aromatic carbocycles. The predicted molar refractivity (Wildman–Crippen MR) is 104 cm³/mol. The first-order valence-electron chi connectivity index (χ1n) is 8.63. The van der Waals surface area contributed by atoms with Gasteiger partial charge in [0.2, 0.25) is 11.2 Å². The van der Waals surface area contributed by atoms with Crippen LogP contribution >= 0.6 is 0 Å². The lowest BCUT2D eigenvalue weighted by atomic mass is 10.1. The van der Waals surface area contributed by atoms with Gasteiger partial charge < -0.3 is 28.9 Å². The molecular formula is C22H25IN2. The lowest BCUT2D eigenvalue weighted by Crippen LogP contribution is -3.00. The molecule has 0 aliphatic heterocycles. The van der Waals surface area contributed by atoms with Gasteiger partial charge in [-0.15, -0.1) is 0 Å². The fraction of sp³-hybridized carbons (Fsp3) is 0.227. The van der Waals surface area contributed by atoms with Crippen molar-refractivity contribution in [3.05, 3.63) is 71.9 Å². The van der Waals surface area contributed by atoms with Crippen LogP contribution in [0.3, 0.4) is 0 Å². The van der Waals surface area contributed by atoms with Crippen LogP contribution in [-0.4, -0.2) is 13.1 Å². The molecule has 1 heterocycles. The van der Waals surface area contributed by atoms with Crippen LogP contribution in [0.25, 0.3) is 23.1 Å². The number of fused-ring (bicyclic) bond motifs is 1. The van der Waals surface area contributed by atoms with Crippen molar-refractivity contribution in [1.82, 2.24) is 0 Å². The summed E-state index contributed by atoms with van der Waals surface area (Å²) in [4.78, 5) is 2.36. The Hall–Kier alpha value is -1.88. The van der Waals surface area contributed by atoms with Crippen molar-refractivity contribution in [2.45, 2.75) is 13.8 Å². The lowest BCUT2D eigenvalue weighted by Gasteiger charge is -2.20. The Balaban J connectivity index is 0.00000225. The molecule has 2 nitrogen and oxygen atoms in total. The number of rotatable bonds is 5. The molecule has 3 rings (SSSR count). The summed E-state index contributed by atoms with van der Waals surface area (Å²) in [6, 6.07) is 21.6. The van der Waals surface area contributed by atoms with Gasteiger partial charge in [0.1, 0.15) is 7.05 Å². The molecule has 0 atom stereocenters. The van der Waals surface area contributed by atoms with E-state index >= 15 is 0 Å². The molecule has 0 unspecified atom stereocenters. The second-order valence-electron chi connectivity index (χ2n) is 5.97. The van der Waals surface area contributed by atoms with Crippen LogP contribution in [0.4, 0.5) is 5.69 Å². The molecule has 0 N–H and O–H groups in total. The monoisotopic (exact) mass is 444 g/mol. The Morgan fingerprint density at radius 1 is 0.840 bits per heavy atom. The third-order valence-electron chi connectivity index (χ3n) is 4.59. The molecule has 0 bridgehead atoms. The van der Waals surface area contributed by atoms with Crippen molar-refractivity contribution in [3.8, 4) is 0 Å². The minimum Gasteiger partial charge on any atom is -1.00 e. The standard InChI is InChI=1S/C22H25N2.HI/c1-4-24(5-2)21-15-11-18(12-16-21)10-14-20-17-13-19-8-6-7-9-22(19)23(20)3;/h6-17H,4-5H2,1-3H3;1H/q+1;/p-1. The second-order valence-corrected chi connectivity index (χ2v) is 5.97. The Bertz CT molecular complexity index is 850. The molecule has 0 saturated carbocycles. The minimum atomic E-state index is 0. The first-order chi connectivity index (χ1) is 11.7. The SMILES string of the molecule is CCN(CC)c1ccc(/C=C/c2ccc3ccccc3[n+]2C)cc1.[I-]. The van der Waals surface area contributed by atoms with Crippen LogP contribution < -0.4 is 33.4 Å². The Kier molecular flexibility index (Phi) is 7.00. The largest absolute Gasteiger partial charge is 1.00 e. The highest BCUT2D eigenvalue weighted by Crippen LogP contribution is 2.17. The molecule has 0 saturated heterocycles. The van der Waals surface area contributed by atoms with Crippen LogP contribution in [0.15, 0.2) is 60.7 Å². The average Bonchev–Trinajstić information content (AvgIpc) is 2.63. The van der Waals surface area contributed by atoms with E-state index in [1.165, 1.54) is 27.8 Å². The molecule has 0 aliphatic rings. The highest BCUT2D eigenvalue weighted by molar-refractivity contribution is 5.77. The number of aromatic nitrogens is 1. The van der Waals surface area contributed by atoms with E-state index in [4.69, 9.17) is 0 Å². The van der Waals surface area contributed by atoms with Gasteiger partial charge in [-0.2, -0.15) is 4.57 Å². The molecule has 3 heteroatoms. The maximum Gasteiger partial charge on any atom is 0.212 e. The molecule has 130 valence electrons. The van der Waals surface area contributed by atoms with Crippen molar-refractivity contribution < 1.29 is 28.5 Å². The van der Waals surface area contributed by atoms with Gasteiger partial charge >= 0.3 is 0 Å². The third-order valence-corrected chi connectivity index (χ3v) is 4.59. The summed E-state index contributed by atoms with van der Waals surface area (Å²) >= 11 is 0. The number of halogens is 1. The molecule has 0 fully saturated rings. The molecule has 3 aromatic rings. The van der Waals surface area contributed by atoms with Gasteiger partial charge in [0.25, 0.3) is 0 Å². The van der Waals surface area contributed by atoms with E-state index < -0.39 is 0 Å². The molecule has 0 radical (unpaired) electrons. The molecule has 0 spiro atoms. The van der Waals surface area contributed by atoms with Gasteiger partial charge in [0, 0.05) is 42.4 Å². The van der Waals surface area contributed by atoms with Crippen molar-refractivity contribution in [2.24, 2.45) is 7.05 Å². The fourth-order valence-electron chi connectivity index (χ4n) is 3.09. The van der Waals surface area contributed by atoms with E-state index in [0.29, 0.717) is 0 Å². The van der Waals surface area contributed by atoms with Crippen LogP contribution in [-0.2, 0) is 7.05 Å². The number of anilines is 1. The first kappa shape index (κ1) is 19.4. The molecule has 1 aromatic heterocycles. The van der Waals surface area contributed by atoms with Gasteiger partial charge in [0.05, 0.1) is 0 Å². The highest BCUT2D eigenvalue weighted by atomic mass is 127. The summed E-state index contributed by atoms with van der Waals surface area (Å²) in [6.45, 7) is 6.46. The number of aryl methyl sites for hydroxylation is 1. The van der Waals surface area contributed by atoms with Crippen LogP contribution in [0.5, 0.6) is 0 Å². The smallest absolute Gasteiger partial charge is 0.212 e. The Morgan fingerprint density at radius 2 is 1.52 bits per heavy atom. The van der Waals surface area contributed by atoms with Crippen molar-refractivity contribution in [3.63, 3.8) is 0 Å². The van der Waals surface area contributed by atoms with Crippen LogP contribution in [0.2, 0.25) is 0 Å². The zero-order valence-electron chi connectivity index (χ0n) is 15.1. The zero-order valence-corrected chi connectivity index (χ0v) is 17.3. The number of nitrogens with zero attached hydrogens (tertiary/aromatic N) is 2. The van der Waals surface area contributed by atoms with Gasteiger partial charge in [-0.25, -0.2) is 0 Å². The zero-order chi connectivity index (χ0) is 16.9. The summed E-state index contributed by atoms with van der Waals surface area (Å²) in [5.74, 6) is 0. The van der Waals surface area contributed by atoms with Crippen LogP contribution in [0, 0.1) is 0 Å². The van der Waals surface area contributed by atoms with Gasteiger partial charge in [-0.1, -0.05) is 24.3 Å². The summed E-state index contributed by atoms with van der Waals surface area (Å²) in [6.07, 6.45) is 4.36. The fourth-order valence-corrected chi connectivity index (χ4v) is 3.09. The van der Waals surface area contributed by atoms with Crippen molar-refractivity contribution in [1.29, 1.82) is 0 Å². The third kappa shape index (κ3) is 4.40. The maximum absolute atomic E-state index is 2.36. The topological polar surface area (TPSA) is 7.12 Å². The quantitative estimate of drug-likeness (QED) is 0.429. The summed E-state index contributed by atoms with van der Waals surface area (Å²) < 4.78 is 2.23. The number of hydrogen-bond acceptors (Lipinski definition) is 1. The first-order valence-corrected chi connectivity index (χ1v) is 8.63. The highest BCUT2D eigenvalue weighted by Gasteiger charge is 2.08. The summed E-state index contributed by atoms with van der Waals surface area (Å²) in [5.41, 5.74) is 4.95. The van der Waals surface area contributed by atoms with E-state index in [9.17, 15) is 0 Å². The van der Waals surface area contributed by atoms with E-state index in [0.717, 1.165) is 13.1 Å². The lowest BCUT2D eigenvalue weighted by molar-refractivity contribution is -0.646. The van der Waals surface area contributed by atoms with Crippen LogP contribution in [0.1, 0.15) is 25.1 Å². The molecule has 0 amide bonds. The van der Waals surface area contributed by atoms with E-state index in [1.54, 1.807) is 0 Å². The van der Waals surface area contributed by atoms with Gasteiger partial charge in [-0.3, -0.25) is 0 Å². The van der Waals surface area contributed by atoms with Crippen molar-refractivity contribution >= 4 is 28.7 Å². The number of pyridine rings is 1. The van der Waals surface area contributed by atoms with Crippen molar-refractivity contribution in [2.75, 3.05) is 18.0 Å². The summed E-state index contributed by atoms with van der Waals surface area (Å²) in [5, 5.41) is 1.26. The predicted octanol–water partition coefficient (Wildman–Crippen LogP) is 1.68. The number of hydrogen-bond donors (Lipinski definition) is 0. The van der Waals surface area contributed by atoms with E-state index in [1.807, 2.05) is 0 Å². The van der Waals surface area contributed by atoms with E-state index in [-0.39, 0.29) is 24.0 Å². The molecule has 0 aliphatic carbocycles. The maximum atomic E-state index is 2.36. The summed E-state index contributed by atoms with van der Waals surface area (Å²) in [7, 11) is 2.12. The van der Waals surface area contributed by atoms with E-state index in [2.05, 4.69) is 103 Å². The minimum absolute atomic E-state index is 0.